The van der Waals surface area contributed by atoms with E-state index in [9.17, 15) is 9.18 Å². The zero-order chi connectivity index (χ0) is 22.2. The number of hydrogen-bond donors (Lipinski definition) is 4. The van der Waals surface area contributed by atoms with Crippen molar-refractivity contribution in [1.82, 2.24) is 15.6 Å². The first-order valence-corrected chi connectivity index (χ1v) is 10.5. The van der Waals surface area contributed by atoms with Crippen molar-refractivity contribution in [2.45, 2.75) is 33.2 Å². The predicted octanol–water partition coefficient (Wildman–Crippen LogP) is 4.82. The Morgan fingerprint density at radius 2 is 1.97 bits per heavy atom. The average Bonchev–Trinajstić information content (AvgIpc) is 3.12. The number of H-pyrrole nitrogens is 1. The third-order valence-corrected chi connectivity index (χ3v) is 4.90. The third-order valence-electron chi connectivity index (χ3n) is 4.90. The van der Waals surface area contributed by atoms with E-state index in [-0.39, 0.29) is 35.7 Å². The molecule has 8 heteroatoms. The number of aliphatic imine (C=N–C) groups is 1. The second-order valence-corrected chi connectivity index (χ2v) is 7.95. The van der Waals surface area contributed by atoms with Gasteiger partial charge in [-0.3, -0.25) is 9.79 Å². The summed E-state index contributed by atoms with van der Waals surface area (Å²) in [6.45, 7) is 5.28. The molecule has 0 aliphatic rings. The molecule has 0 bridgehead atoms. The Bertz CT molecular complexity index is 1060. The number of aromatic nitrogens is 1. The average molecular weight is 551 g/mol. The van der Waals surface area contributed by atoms with Crippen LogP contribution in [0.15, 0.2) is 53.7 Å². The van der Waals surface area contributed by atoms with Gasteiger partial charge in [0.1, 0.15) is 5.82 Å². The first-order chi connectivity index (χ1) is 14.9. The van der Waals surface area contributed by atoms with Crippen molar-refractivity contribution >= 4 is 52.4 Å². The molecule has 0 fully saturated rings. The topological polar surface area (TPSA) is 81.3 Å². The molecule has 3 rings (SSSR count). The molecule has 2 aromatic carbocycles. The number of nitrogens with one attached hydrogen (secondary N) is 4. The molecule has 0 saturated heterocycles. The number of carbonyl (C=O) groups excluding carboxylic acids is 1. The Morgan fingerprint density at radius 1 is 1.16 bits per heavy atom. The molecule has 0 atom stereocenters. The smallest absolute Gasteiger partial charge is 0.224 e. The van der Waals surface area contributed by atoms with Crippen molar-refractivity contribution in [2.24, 2.45) is 10.9 Å². The van der Waals surface area contributed by atoms with Gasteiger partial charge in [-0.15, -0.1) is 24.0 Å². The lowest BCUT2D eigenvalue weighted by atomic mass is 10.1. The van der Waals surface area contributed by atoms with E-state index in [1.54, 1.807) is 19.2 Å². The van der Waals surface area contributed by atoms with Gasteiger partial charge >= 0.3 is 0 Å². The molecule has 0 spiro atoms. The maximum Gasteiger partial charge on any atom is 0.224 e. The highest BCUT2D eigenvalue weighted by Crippen LogP contribution is 2.19. The summed E-state index contributed by atoms with van der Waals surface area (Å²) < 4.78 is 13.5. The van der Waals surface area contributed by atoms with Crippen LogP contribution in [-0.4, -0.2) is 30.4 Å². The maximum absolute atomic E-state index is 13.5. The van der Waals surface area contributed by atoms with Gasteiger partial charge in [-0.25, -0.2) is 4.39 Å². The van der Waals surface area contributed by atoms with Crippen LogP contribution in [0.2, 0.25) is 0 Å². The highest BCUT2D eigenvalue weighted by Gasteiger charge is 2.07. The minimum absolute atomic E-state index is 0. The molecule has 1 aromatic heterocycles. The highest BCUT2D eigenvalue weighted by atomic mass is 127. The summed E-state index contributed by atoms with van der Waals surface area (Å²) in [6, 6.07) is 12.5. The van der Waals surface area contributed by atoms with Gasteiger partial charge in [0.25, 0.3) is 0 Å². The van der Waals surface area contributed by atoms with Crippen molar-refractivity contribution in [3.05, 3.63) is 65.6 Å². The molecule has 0 aliphatic heterocycles. The summed E-state index contributed by atoms with van der Waals surface area (Å²) in [6.07, 6.45) is 3.16. The zero-order valence-corrected chi connectivity index (χ0v) is 21.0. The highest BCUT2D eigenvalue weighted by molar-refractivity contribution is 14.0. The predicted molar refractivity (Wildman–Crippen MR) is 140 cm³/mol. The molecule has 0 aliphatic carbocycles. The Kier molecular flexibility index (Phi) is 9.96. The zero-order valence-electron chi connectivity index (χ0n) is 18.7. The number of guanidine groups is 1. The number of amides is 1. The number of hydrogen-bond acceptors (Lipinski definition) is 2. The van der Waals surface area contributed by atoms with Gasteiger partial charge in [-0.1, -0.05) is 26.0 Å². The van der Waals surface area contributed by atoms with Crippen molar-refractivity contribution in [2.75, 3.05) is 18.9 Å². The van der Waals surface area contributed by atoms with Gasteiger partial charge in [0.05, 0.1) is 0 Å². The lowest BCUT2D eigenvalue weighted by Crippen LogP contribution is -2.37. The Hall–Kier alpha value is -2.62. The SMILES string of the molecule is CN=C(NCCc1c[nH]c2ccc(F)cc12)NCc1cccc(NC(=O)CC(C)C)c1.I. The second-order valence-electron chi connectivity index (χ2n) is 7.95. The van der Waals surface area contributed by atoms with Gasteiger partial charge in [0.15, 0.2) is 5.96 Å². The fourth-order valence-electron chi connectivity index (χ4n) is 3.42. The van der Waals surface area contributed by atoms with Gasteiger partial charge < -0.3 is 20.9 Å². The summed E-state index contributed by atoms with van der Waals surface area (Å²) in [5, 5.41) is 10.4. The van der Waals surface area contributed by atoms with Crippen LogP contribution in [-0.2, 0) is 17.8 Å². The number of nitrogens with zero attached hydrogens (tertiary/aromatic N) is 1. The summed E-state index contributed by atoms with van der Waals surface area (Å²) in [5.41, 5.74) is 3.82. The van der Waals surface area contributed by atoms with E-state index in [0.29, 0.717) is 31.4 Å². The molecular weight excluding hydrogens is 520 g/mol. The second kappa shape index (κ2) is 12.4. The Balaban J connectivity index is 0.00000363. The number of anilines is 1. The summed E-state index contributed by atoms with van der Waals surface area (Å²) in [5.74, 6) is 0.791. The Morgan fingerprint density at radius 3 is 2.72 bits per heavy atom. The maximum atomic E-state index is 13.5. The van der Waals surface area contributed by atoms with E-state index in [1.807, 2.05) is 44.3 Å². The molecule has 3 aromatic rings. The van der Waals surface area contributed by atoms with Gasteiger partial charge in [-0.2, -0.15) is 0 Å². The van der Waals surface area contributed by atoms with Crippen LogP contribution in [0.5, 0.6) is 0 Å². The number of carbonyl (C=O) groups is 1. The minimum atomic E-state index is -0.235. The van der Waals surface area contributed by atoms with Crippen molar-refractivity contribution < 1.29 is 9.18 Å². The van der Waals surface area contributed by atoms with E-state index in [0.717, 1.165) is 34.1 Å². The molecule has 32 heavy (non-hydrogen) atoms. The van der Waals surface area contributed by atoms with E-state index in [1.165, 1.54) is 6.07 Å². The molecule has 0 radical (unpaired) electrons. The van der Waals surface area contributed by atoms with Crippen LogP contribution >= 0.6 is 24.0 Å². The van der Waals surface area contributed by atoms with Gasteiger partial charge in [0, 0.05) is 49.3 Å². The van der Waals surface area contributed by atoms with Crippen molar-refractivity contribution in [3.8, 4) is 0 Å². The lowest BCUT2D eigenvalue weighted by molar-refractivity contribution is -0.116. The summed E-state index contributed by atoms with van der Waals surface area (Å²) in [4.78, 5) is 19.4. The number of aromatic amines is 1. The molecular formula is C24H31FIN5O. The van der Waals surface area contributed by atoms with Gasteiger partial charge in [0.2, 0.25) is 5.91 Å². The number of rotatable bonds is 8. The standard InChI is InChI=1S/C24H30FN5O.HI/c1-16(2)11-23(31)30-20-6-4-5-17(12-20)14-29-24(26-3)27-10-9-18-15-28-22-8-7-19(25)13-21(18)22;/h4-8,12-13,15-16,28H,9-11,14H2,1-3H3,(H,30,31)(H2,26,27,29);1H. The molecule has 1 heterocycles. The van der Waals surface area contributed by atoms with E-state index in [2.05, 4.69) is 25.9 Å². The van der Waals surface area contributed by atoms with E-state index >= 15 is 0 Å². The molecule has 0 saturated carbocycles. The largest absolute Gasteiger partial charge is 0.361 e. The number of benzene rings is 2. The molecule has 0 unspecified atom stereocenters. The van der Waals surface area contributed by atoms with Crippen molar-refractivity contribution in [3.63, 3.8) is 0 Å². The van der Waals surface area contributed by atoms with E-state index < -0.39 is 0 Å². The van der Waals surface area contributed by atoms with Crippen LogP contribution in [0, 0.1) is 11.7 Å². The normalized spacial score (nSPS) is 11.3. The molecule has 4 N–H and O–H groups in total. The van der Waals surface area contributed by atoms with Gasteiger partial charge in [-0.05, 0) is 53.8 Å². The van der Waals surface area contributed by atoms with Crippen LogP contribution in [0.25, 0.3) is 10.9 Å². The monoisotopic (exact) mass is 551 g/mol. The van der Waals surface area contributed by atoms with Crippen LogP contribution < -0.4 is 16.0 Å². The van der Waals surface area contributed by atoms with Crippen LogP contribution in [0.4, 0.5) is 10.1 Å². The number of halogens is 2. The fraction of sp³-hybridized carbons (Fsp3) is 0.333. The van der Waals surface area contributed by atoms with E-state index in [4.69, 9.17) is 0 Å². The molecule has 6 nitrogen and oxygen atoms in total. The van der Waals surface area contributed by atoms with Crippen molar-refractivity contribution in [1.29, 1.82) is 0 Å². The number of fused-ring (bicyclic) bond motifs is 1. The Labute approximate surface area is 205 Å². The first kappa shape index (κ1) is 25.6. The third kappa shape index (κ3) is 7.51. The molecule has 172 valence electrons. The first-order valence-electron chi connectivity index (χ1n) is 10.5. The van der Waals surface area contributed by atoms with Crippen LogP contribution in [0.3, 0.4) is 0 Å². The summed E-state index contributed by atoms with van der Waals surface area (Å²) in [7, 11) is 1.72. The van der Waals surface area contributed by atoms with Crippen LogP contribution in [0.1, 0.15) is 31.4 Å². The quantitative estimate of drug-likeness (QED) is 0.184. The lowest BCUT2D eigenvalue weighted by Gasteiger charge is -2.13. The molecule has 1 amide bonds. The fourth-order valence-corrected chi connectivity index (χ4v) is 3.42. The summed E-state index contributed by atoms with van der Waals surface area (Å²) >= 11 is 0. The minimum Gasteiger partial charge on any atom is -0.361 e.